The molecule has 28 heavy (non-hydrogen) atoms. The lowest BCUT2D eigenvalue weighted by Gasteiger charge is -2.42. The lowest BCUT2D eigenvalue weighted by Crippen LogP contribution is -2.68. The zero-order valence-electron chi connectivity index (χ0n) is 17.7. The number of halogens is 1. The summed E-state index contributed by atoms with van der Waals surface area (Å²) in [5.41, 5.74) is 5.77. The van der Waals surface area contributed by atoms with Crippen LogP contribution < -0.4 is 16.1 Å². The molecule has 0 aromatic heterocycles. The number of hydrogen-bond donors (Lipinski definition) is 3. The summed E-state index contributed by atoms with van der Waals surface area (Å²) in [6.07, 6.45) is -0.563. The molecule has 1 aromatic rings. The second kappa shape index (κ2) is 8.45. The van der Waals surface area contributed by atoms with Gasteiger partial charge in [-0.2, -0.15) is 0 Å². The molecule has 3 rings (SSSR count). The van der Waals surface area contributed by atoms with Gasteiger partial charge in [-0.15, -0.1) is 0 Å². The van der Waals surface area contributed by atoms with Gasteiger partial charge in [-0.3, -0.25) is 15.0 Å². The van der Waals surface area contributed by atoms with Gasteiger partial charge in [0.15, 0.2) is 0 Å². The van der Waals surface area contributed by atoms with E-state index in [1.807, 2.05) is 19.0 Å². The smallest absolute Gasteiger partial charge is 0.230 e. The third-order valence-corrected chi connectivity index (χ3v) is 5.86. The molecule has 1 amide bonds. The van der Waals surface area contributed by atoms with Gasteiger partial charge < -0.3 is 5.32 Å². The topological polar surface area (TPSA) is 59.6 Å². The SMILES string of the molecule is CC(C)c1ccc(C(C(C)C)N2NC(CF)C3C(=O)NC(N(C)C)NC32)cc1. The number of alkyl halides is 1. The van der Waals surface area contributed by atoms with Crippen LogP contribution in [0.3, 0.4) is 0 Å². The Morgan fingerprint density at radius 2 is 1.71 bits per heavy atom. The second-order valence-corrected chi connectivity index (χ2v) is 8.82. The first kappa shape index (κ1) is 21.2. The first-order valence-electron chi connectivity index (χ1n) is 10.2. The lowest BCUT2D eigenvalue weighted by molar-refractivity contribution is -0.133. The van der Waals surface area contributed by atoms with Gasteiger partial charge in [-0.05, 0) is 37.1 Å². The van der Waals surface area contributed by atoms with Crippen molar-refractivity contribution in [1.82, 2.24) is 26.0 Å². The van der Waals surface area contributed by atoms with Crippen LogP contribution in [-0.4, -0.2) is 55.1 Å². The van der Waals surface area contributed by atoms with Gasteiger partial charge in [0.05, 0.1) is 24.2 Å². The molecule has 5 atom stereocenters. The van der Waals surface area contributed by atoms with Gasteiger partial charge in [0.1, 0.15) is 13.0 Å². The van der Waals surface area contributed by atoms with Crippen molar-refractivity contribution >= 4 is 5.91 Å². The number of fused-ring (bicyclic) bond motifs is 1. The third-order valence-electron chi connectivity index (χ3n) is 5.86. The summed E-state index contributed by atoms with van der Waals surface area (Å²) < 4.78 is 13.8. The first-order valence-corrected chi connectivity index (χ1v) is 10.2. The molecule has 6 nitrogen and oxygen atoms in total. The van der Waals surface area contributed by atoms with Gasteiger partial charge in [-0.25, -0.2) is 14.8 Å². The fourth-order valence-corrected chi connectivity index (χ4v) is 4.30. The molecule has 2 saturated heterocycles. The van der Waals surface area contributed by atoms with E-state index in [-0.39, 0.29) is 30.3 Å². The van der Waals surface area contributed by atoms with Crippen LogP contribution in [0.25, 0.3) is 0 Å². The Labute approximate surface area is 167 Å². The van der Waals surface area contributed by atoms with Crippen LogP contribution in [0.2, 0.25) is 0 Å². The molecule has 2 aliphatic heterocycles. The second-order valence-electron chi connectivity index (χ2n) is 8.82. The van der Waals surface area contributed by atoms with Gasteiger partial charge in [0, 0.05) is 0 Å². The predicted molar refractivity (Wildman–Crippen MR) is 109 cm³/mol. The van der Waals surface area contributed by atoms with Crippen molar-refractivity contribution in [2.45, 2.75) is 58.2 Å². The molecule has 0 bridgehead atoms. The average molecular weight is 392 g/mol. The average Bonchev–Trinajstić information content (AvgIpc) is 3.01. The monoisotopic (exact) mass is 391 g/mol. The van der Waals surface area contributed by atoms with Gasteiger partial charge in [0.25, 0.3) is 0 Å². The van der Waals surface area contributed by atoms with Crippen LogP contribution in [-0.2, 0) is 4.79 Å². The molecule has 2 fully saturated rings. The Bertz CT molecular complexity index is 678. The van der Waals surface area contributed by atoms with Crippen molar-refractivity contribution in [1.29, 1.82) is 0 Å². The van der Waals surface area contributed by atoms with E-state index in [4.69, 9.17) is 0 Å². The van der Waals surface area contributed by atoms with E-state index in [0.717, 1.165) is 0 Å². The summed E-state index contributed by atoms with van der Waals surface area (Å²) in [6, 6.07) is 8.14. The molecule has 1 aromatic carbocycles. The Kier molecular flexibility index (Phi) is 6.39. The number of benzene rings is 1. The van der Waals surface area contributed by atoms with Crippen molar-refractivity contribution in [3.8, 4) is 0 Å². The number of carbonyl (C=O) groups is 1. The zero-order chi connectivity index (χ0) is 20.6. The van der Waals surface area contributed by atoms with Crippen molar-refractivity contribution < 1.29 is 9.18 Å². The minimum atomic E-state index is -0.587. The van der Waals surface area contributed by atoms with E-state index in [0.29, 0.717) is 5.92 Å². The van der Waals surface area contributed by atoms with E-state index < -0.39 is 18.6 Å². The predicted octanol–water partition coefficient (Wildman–Crippen LogP) is 2.17. The highest BCUT2D eigenvalue weighted by molar-refractivity contribution is 5.81. The number of hydrazine groups is 1. The quantitative estimate of drug-likeness (QED) is 0.694. The van der Waals surface area contributed by atoms with E-state index in [1.54, 1.807) is 0 Å². The Morgan fingerprint density at radius 3 is 2.21 bits per heavy atom. The number of hydrogen-bond acceptors (Lipinski definition) is 5. The molecule has 156 valence electrons. The molecule has 0 spiro atoms. The fourth-order valence-electron chi connectivity index (χ4n) is 4.30. The van der Waals surface area contributed by atoms with Crippen molar-refractivity contribution in [3.63, 3.8) is 0 Å². The highest BCUT2D eigenvalue weighted by Gasteiger charge is 2.52. The van der Waals surface area contributed by atoms with E-state index in [9.17, 15) is 9.18 Å². The van der Waals surface area contributed by atoms with Gasteiger partial charge >= 0.3 is 0 Å². The highest BCUT2D eigenvalue weighted by Crippen LogP contribution is 2.36. The number of nitrogens with one attached hydrogen (secondary N) is 3. The molecule has 7 heteroatoms. The molecule has 0 radical (unpaired) electrons. The largest absolute Gasteiger partial charge is 0.327 e. The van der Waals surface area contributed by atoms with Crippen molar-refractivity contribution in [2.24, 2.45) is 11.8 Å². The zero-order valence-corrected chi connectivity index (χ0v) is 17.7. The number of nitrogens with zero attached hydrogens (tertiary/aromatic N) is 2. The Morgan fingerprint density at radius 1 is 1.11 bits per heavy atom. The number of rotatable bonds is 6. The molecule has 3 N–H and O–H groups in total. The van der Waals surface area contributed by atoms with Crippen LogP contribution >= 0.6 is 0 Å². The summed E-state index contributed by atoms with van der Waals surface area (Å²) >= 11 is 0. The third kappa shape index (κ3) is 3.94. The van der Waals surface area contributed by atoms with E-state index >= 15 is 0 Å². The normalized spacial score (nSPS) is 29.4. The molecule has 0 saturated carbocycles. The maximum Gasteiger partial charge on any atom is 0.230 e. The van der Waals surface area contributed by atoms with Crippen LogP contribution in [0.1, 0.15) is 50.8 Å². The van der Waals surface area contributed by atoms with Gasteiger partial charge in [0.2, 0.25) is 5.91 Å². The standard InChI is InChI=1S/C21H34FN5O/c1-12(2)14-7-9-15(10-8-14)18(13(3)4)27-19-17(16(11-22)25-27)20(28)24-21(23-19)26(5)6/h7-10,12-13,16-19,21,23,25H,11H2,1-6H3,(H,24,28). The van der Waals surface area contributed by atoms with Gasteiger partial charge in [-0.1, -0.05) is 52.0 Å². The van der Waals surface area contributed by atoms with E-state index in [2.05, 4.69) is 73.0 Å². The van der Waals surface area contributed by atoms with Crippen LogP contribution in [0.4, 0.5) is 4.39 Å². The minimum Gasteiger partial charge on any atom is -0.327 e. The Hall–Kier alpha value is -1.54. The summed E-state index contributed by atoms with van der Waals surface area (Å²) in [7, 11) is 3.81. The number of carbonyl (C=O) groups excluding carboxylic acids is 1. The summed E-state index contributed by atoms with van der Waals surface area (Å²) in [5, 5.41) is 8.50. The van der Waals surface area contributed by atoms with Crippen LogP contribution in [0, 0.1) is 11.8 Å². The van der Waals surface area contributed by atoms with Crippen LogP contribution in [0.5, 0.6) is 0 Å². The first-order chi connectivity index (χ1) is 13.2. The van der Waals surface area contributed by atoms with E-state index in [1.165, 1.54) is 11.1 Å². The molecular weight excluding hydrogens is 357 g/mol. The molecule has 2 heterocycles. The highest BCUT2D eigenvalue weighted by atomic mass is 19.1. The Balaban J connectivity index is 1.94. The maximum atomic E-state index is 13.8. The molecule has 2 aliphatic rings. The summed E-state index contributed by atoms with van der Waals surface area (Å²) in [6.45, 7) is 8.09. The fraction of sp³-hybridized carbons (Fsp3) is 0.667. The van der Waals surface area contributed by atoms with Crippen molar-refractivity contribution in [2.75, 3.05) is 20.8 Å². The summed E-state index contributed by atoms with van der Waals surface area (Å²) in [4.78, 5) is 14.7. The minimum absolute atomic E-state index is 0.0199. The van der Waals surface area contributed by atoms with Crippen LogP contribution in [0.15, 0.2) is 24.3 Å². The molecule has 0 aliphatic carbocycles. The number of amides is 1. The summed E-state index contributed by atoms with van der Waals surface area (Å²) in [5.74, 6) is 0.164. The molecule has 5 unspecified atom stereocenters. The lowest BCUT2D eigenvalue weighted by atomic mass is 9.91. The maximum absolute atomic E-state index is 13.8. The van der Waals surface area contributed by atoms with Crippen molar-refractivity contribution in [3.05, 3.63) is 35.4 Å². The molecular formula is C21H34FN5O.